The monoisotopic (exact) mass is 454 g/mol. The van der Waals surface area contributed by atoms with Gasteiger partial charge in [-0.2, -0.15) is 10.4 Å². The summed E-state index contributed by atoms with van der Waals surface area (Å²) in [6.07, 6.45) is 4.67. The molecule has 6 rings (SSSR count). The van der Waals surface area contributed by atoms with Crippen molar-refractivity contribution in [1.82, 2.24) is 35.5 Å². The molecule has 0 saturated carbocycles. The van der Waals surface area contributed by atoms with Gasteiger partial charge in [0.05, 0.1) is 17.4 Å². The molecule has 33 heavy (non-hydrogen) atoms. The number of nitrogens with zero attached hydrogens (tertiary/aromatic N) is 6. The fourth-order valence-electron chi connectivity index (χ4n) is 4.13. The summed E-state index contributed by atoms with van der Waals surface area (Å²) in [5, 5.41) is 29.7. The van der Waals surface area contributed by atoms with Crippen LogP contribution < -0.4 is 5.32 Å². The molecule has 0 amide bonds. The normalized spacial score (nSPS) is 12.7. The number of halogens is 1. The van der Waals surface area contributed by atoms with E-state index < -0.39 is 0 Å². The number of aromatic nitrogens is 6. The van der Waals surface area contributed by atoms with Gasteiger partial charge >= 0.3 is 0 Å². The molecular formula is C24H19ClN8. The Morgan fingerprint density at radius 3 is 2.76 bits per heavy atom. The van der Waals surface area contributed by atoms with Crippen molar-refractivity contribution in [2.45, 2.75) is 13.0 Å². The van der Waals surface area contributed by atoms with Crippen LogP contribution in [0.15, 0.2) is 60.9 Å². The van der Waals surface area contributed by atoms with Crippen molar-refractivity contribution >= 4 is 23.3 Å². The summed E-state index contributed by atoms with van der Waals surface area (Å²) in [5.74, 6) is 0. The van der Waals surface area contributed by atoms with Gasteiger partial charge in [0.25, 0.3) is 0 Å². The second kappa shape index (κ2) is 8.47. The number of aromatic amines is 1. The highest BCUT2D eigenvalue weighted by molar-refractivity contribution is 5.94. The summed E-state index contributed by atoms with van der Waals surface area (Å²) in [6.45, 7) is 1.90. The number of pyridine rings is 1. The van der Waals surface area contributed by atoms with Gasteiger partial charge in [-0.25, -0.2) is 9.67 Å². The number of hydrogen-bond donors (Lipinski definition) is 2. The lowest BCUT2D eigenvalue weighted by Crippen LogP contribution is -2.23. The van der Waals surface area contributed by atoms with Crippen molar-refractivity contribution < 1.29 is 0 Å². The third-order valence-corrected chi connectivity index (χ3v) is 5.85. The molecule has 9 heteroatoms. The van der Waals surface area contributed by atoms with Crippen LogP contribution in [0.1, 0.15) is 16.8 Å². The van der Waals surface area contributed by atoms with Gasteiger partial charge in [-0.3, -0.25) is 5.10 Å². The quantitative estimate of drug-likeness (QED) is 0.429. The number of nitrogens with one attached hydrogen (secondary N) is 2. The Bertz CT molecular complexity index is 1490. The maximum atomic E-state index is 8.97. The van der Waals surface area contributed by atoms with Crippen LogP contribution in [0.5, 0.6) is 0 Å². The Balaban J connectivity index is 0.00000228. The van der Waals surface area contributed by atoms with Gasteiger partial charge < -0.3 is 5.32 Å². The lowest BCUT2D eigenvalue weighted by Gasteiger charge is -2.17. The molecule has 0 saturated heterocycles. The van der Waals surface area contributed by atoms with Crippen LogP contribution in [-0.2, 0) is 13.0 Å². The van der Waals surface area contributed by atoms with E-state index in [0.717, 1.165) is 52.9 Å². The molecule has 4 heterocycles. The average Bonchev–Trinajstić information content (AvgIpc) is 3.50. The maximum Gasteiger partial charge on any atom is 0.140 e. The van der Waals surface area contributed by atoms with Crippen LogP contribution >= 0.6 is 12.4 Å². The smallest absolute Gasteiger partial charge is 0.140 e. The molecule has 8 nitrogen and oxygen atoms in total. The van der Waals surface area contributed by atoms with Crippen molar-refractivity contribution in [3.8, 4) is 34.3 Å². The van der Waals surface area contributed by atoms with E-state index in [1.807, 2.05) is 30.5 Å². The van der Waals surface area contributed by atoms with E-state index in [1.54, 1.807) is 16.9 Å². The second-order valence-corrected chi connectivity index (χ2v) is 7.80. The molecule has 162 valence electrons. The summed E-state index contributed by atoms with van der Waals surface area (Å²) in [4.78, 5) is 4.17. The largest absolute Gasteiger partial charge is 0.312 e. The van der Waals surface area contributed by atoms with E-state index in [0.29, 0.717) is 11.4 Å². The van der Waals surface area contributed by atoms with E-state index in [9.17, 15) is 0 Å². The fraction of sp³-hybridized carbons (Fsp3) is 0.125. The number of benzene rings is 2. The van der Waals surface area contributed by atoms with E-state index in [1.165, 1.54) is 11.1 Å². The van der Waals surface area contributed by atoms with Crippen molar-refractivity contribution in [1.29, 1.82) is 5.26 Å². The molecule has 2 N–H and O–H groups in total. The van der Waals surface area contributed by atoms with E-state index in [4.69, 9.17) is 5.26 Å². The Morgan fingerprint density at radius 1 is 1.00 bits per heavy atom. The topological polar surface area (TPSA) is 108 Å². The molecule has 1 aliphatic rings. The predicted octanol–water partition coefficient (Wildman–Crippen LogP) is 3.81. The molecule has 3 aromatic heterocycles. The van der Waals surface area contributed by atoms with Crippen LogP contribution in [0.2, 0.25) is 0 Å². The maximum absolute atomic E-state index is 8.97. The van der Waals surface area contributed by atoms with E-state index >= 15 is 0 Å². The summed E-state index contributed by atoms with van der Waals surface area (Å²) >= 11 is 0. The Morgan fingerprint density at radius 2 is 1.91 bits per heavy atom. The molecule has 0 unspecified atom stereocenters. The first-order valence-electron chi connectivity index (χ1n) is 10.4. The molecule has 0 spiro atoms. The van der Waals surface area contributed by atoms with E-state index in [2.05, 4.69) is 55.1 Å². The molecule has 0 aliphatic carbocycles. The van der Waals surface area contributed by atoms with Crippen LogP contribution in [0.25, 0.3) is 39.1 Å². The number of hydrogen-bond acceptors (Lipinski definition) is 6. The van der Waals surface area contributed by atoms with Gasteiger partial charge in [0.15, 0.2) is 0 Å². The summed E-state index contributed by atoms with van der Waals surface area (Å²) in [6, 6.07) is 18.1. The highest BCUT2D eigenvalue weighted by Crippen LogP contribution is 2.30. The van der Waals surface area contributed by atoms with E-state index in [-0.39, 0.29) is 12.4 Å². The molecule has 5 aromatic rings. The average molecular weight is 455 g/mol. The van der Waals surface area contributed by atoms with Crippen molar-refractivity contribution in [2.75, 3.05) is 6.54 Å². The van der Waals surface area contributed by atoms with Gasteiger partial charge in [-0.1, -0.05) is 17.3 Å². The Kier molecular flexibility index (Phi) is 5.34. The highest BCUT2D eigenvalue weighted by atomic mass is 35.5. The SMILES string of the molecule is Cl.N#Cc1ccc(-c2ccc3[nH]nc(-c4cn(-c5ccc6c(c5)CNCC6)nn4)c3c2)cn1. The molecule has 2 aromatic carbocycles. The van der Waals surface area contributed by atoms with Crippen LogP contribution in [0.3, 0.4) is 0 Å². The van der Waals surface area contributed by atoms with Crippen LogP contribution in [0, 0.1) is 11.3 Å². The number of H-pyrrole nitrogens is 1. The molecular weight excluding hydrogens is 436 g/mol. The third-order valence-electron chi connectivity index (χ3n) is 5.85. The second-order valence-electron chi connectivity index (χ2n) is 7.80. The zero-order chi connectivity index (χ0) is 21.5. The lowest BCUT2D eigenvalue weighted by atomic mass is 10.0. The number of fused-ring (bicyclic) bond motifs is 2. The van der Waals surface area contributed by atoms with Crippen LogP contribution in [0.4, 0.5) is 0 Å². The highest BCUT2D eigenvalue weighted by Gasteiger charge is 2.15. The van der Waals surface area contributed by atoms with Crippen molar-refractivity contribution in [2.24, 2.45) is 0 Å². The van der Waals surface area contributed by atoms with Gasteiger partial charge in [0.1, 0.15) is 23.2 Å². The minimum absolute atomic E-state index is 0. The minimum atomic E-state index is 0. The Labute approximate surface area is 195 Å². The number of rotatable bonds is 3. The fourth-order valence-corrected chi connectivity index (χ4v) is 4.13. The van der Waals surface area contributed by atoms with Gasteiger partial charge in [-0.15, -0.1) is 17.5 Å². The first-order chi connectivity index (χ1) is 15.8. The minimum Gasteiger partial charge on any atom is -0.312 e. The first kappa shape index (κ1) is 20.8. The van der Waals surface area contributed by atoms with Gasteiger partial charge in [-0.05, 0) is 66.1 Å². The summed E-state index contributed by atoms with van der Waals surface area (Å²) < 4.78 is 1.79. The van der Waals surface area contributed by atoms with Crippen molar-refractivity contribution in [3.05, 3.63) is 77.7 Å². The zero-order valence-electron chi connectivity index (χ0n) is 17.5. The van der Waals surface area contributed by atoms with Gasteiger partial charge in [0, 0.05) is 23.7 Å². The summed E-state index contributed by atoms with van der Waals surface area (Å²) in [5.41, 5.74) is 8.35. The molecule has 0 bridgehead atoms. The summed E-state index contributed by atoms with van der Waals surface area (Å²) in [7, 11) is 0. The van der Waals surface area contributed by atoms with Gasteiger partial charge in [0.2, 0.25) is 0 Å². The van der Waals surface area contributed by atoms with Crippen LogP contribution in [-0.4, -0.2) is 36.7 Å². The predicted molar refractivity (Wildman–Crippen MR) is 127 cm³/mol. The van der Waals surface area contributed by atoms with Crippen molar-refractivity contribution in [3.63, 3.8) is 0 Å². The lowest BCUT2D eigenvalue weighted by molar-refractivity contribution is 0.642. The molecule has 0 atom stereocenters. The standard InChI is InChI=1S/C24H18N8.ClH/c25-11-19-4-1-17(13-27-19)16-3-6-22-21(10-16)24(30-28-22)23-14-32(31-29-23)20-5-2-15-7-8-26-12-18(15)9-20;/h1-6,9-10,13-14,26H,7-8,12H2,(H,28,30);1H. The zero-order valence-corrected chi connectivity index (χ0v) is 18.3. The first-order valence-corrected chi connectivity index (χ1v) is 10.4. The number of nitriles is 1. The Hall–Kier alpha value is -4.06. The molecule has 0 radical (unpaired) electrons. The third kappa shape index (κ3) is 3.74. The molecule has 0 fully saturated rings. The molecule has 1 aliphatic heterocycles.